The van der Waals surface area contributed by atoms with Crippen LogP contribution < -0.4 is 21.3 Å². The number of carbonyl (C=O) groups excluding carboxylic acids is 2. The highest BCUT2D eigenvalue weighted by atomic mass is 32.1. The second-order valence-corrected chi connectivity index (χ2v) is 8.54. The van der Waals surface area contributed by atoms with Crippen molar-refractivity contribution in [2.24, 2.45) is 5.73 Å². The Balaban J connectivity index is 1.53. The zero-order valence-electron chi connectivity index (χ0n) is 17.4. The van der Waals surface area contributed by atoms with E-state index in [2.05, 4.69) is 30.7 Å². The Morgan fingerprint density at radius 3 is 2.71 bits per heavy atom. The van der Waals surface area contributed by atoms with E-state index >= 15 is 0 Å². The normalized spacial score (nSPS) is 15.6. The third kappa shape index (κ3) is 4.17. The van der Waals surface area contributed by atoms with E-state index in [4.69, 9.17) is 5.73 Å². The van der Waals surface area contributed by atoms with Crippen molar-refractivity contribution >= 4 is 34.5 Å². The molecule has 0 atom stereocenters. The van der Waals surface area contributed by atoms with Crippen molar-refractivity contribution in [3.05, 3.63) is 47.2 Å². The number of aryl methyl sites for hydroxylation is 1. The van der Waals surface area contributed by atoms with Gasteiger partial charge in [0.2, 0.25) is 5.91 Å². The topological polar surface area (TPSA) is 129 Å². The number of carbonyl (C=O) groups is 2. The Kier molecular flexibility index (Phi) is 5.75. The van der Waals surface area contributed by atoms with Crippen LogP contribution in [0.3, 0.4) is 0 Å². The van der Waals surface area contributed by atoms with Gasteiger partial charge in [-0.05, 0) is 44.5 Å². The van der Waals surface area contributed by atoms with Gasteiger partial charge in [0.05, 0.1) is 17.6 Å². The number of aromatic amines is 1. The fourth-order valence-corrected chi connectivity index (χ4v) is 4.60. The Bertz CT molecular complexity index is 1090. The number of anilines is 2. The summed E-state index contributed by atoms with van der Waals surface area (Å²) < 4.78 is 0. The van der Waals surface area contributed by atoms with Crippen LogP contribution in [0.2, 0.25) is 0 Å². The third-order valence-corrected chi connectivity index (χ3v) is 6.68. The lowest BCUT2D eigenvalue weighted by Gasteiger charge is -2.41. The molecule has 0 bridgehead atoms. The van der Waals surface area contributed by atoms with Crippen LogP contribution in [-0.2, 0) is 4.79 Å². The largest absolute Gasteiger partial charge is 0.370 e. The first-order chi connectivity index (χ1) is 14.9. The highest BCUT2D eigenvalue weighted by Crippen LogP contribution is 2.33. The summed E-state index contributed by atoms with van der Waals surface area (Å²) in [6.45, 7) is 3.31. The minimum absolute atomic E-state index is 0.269. The quantitative estimate of drug-likeness (QED) is 0.466. The Morgan fingerprint density at radius 1 is 1.29 bits per heavy atom. The molecule has 162 valence electrons. The molecule has 1 aliphatic heterocycles. The summed E-state index contributed by atoms with van der Waals surface area (Å²) in [7, 11) is 1.77. The summed E-state index contributed by atoms with van der Waals surface area (Å²) in [5.74, 6) is -0.598. The number of thiazole rings is 1. The van der Waals surface area contributed by atoms with E-state index in [9.17, 15) is 9.59 Å². The number of aromatic nitrogens is 3. The van der Waals surface area contributed by atoms with Crippen LogP contribution in [-0.4, -0.2) is 52.7 Å². The van der Waals surface area contributed by atoms with Gasteiger partial charge in [0, 0.05) is 30.2 Å². The zero-order valence-corrected chi connectivity index (χ0v) is 18.3. The van der Waals surface area contributed by atoms with Crippen molar-refractivity contribution in [1.29, 1.82) is 0 Å². The highest BCUT2D eigenvalue weighted by Gasteiger charge is 2.38. The van der Waals surface area contributed by atoms with Gasteiger partial charge in [-0.15, -0.1) is 11.3 Å². The number of rotatable bonds is 6. The SMILES string of the molecule is CNC1(C(N)=O)CCN(c2cc(C)ccc2NC(=O)c2csc(-c3cn[nH]c3)n2)CC1. The van der Waals surface area contributed by atoms with Crippen molar-refractivity contribution in [2.45, 2.75) is 25.3 Å². The molecule has 1 saturated heterocycles. The first kappa shape index (κ1) is 21.0. The van der Waals surface area contributed by atoms with Gasteiger partial charge in [-0.1, -0.05) is 6.07 Å². The lowest BCUT2D eigenvalue weighted by atomic mass is 9.86. The molecule has 3 heterocycles. The summed E-state index contributed by atoms with van der Waals surface area (Å²) >= 11 is 1.39. The Labute approximate surface area is 184 Å². The average Bonchev–Trinajstić information content (AvgIpc) is 3.47. The van der Waals surface area contributed by atoms with Crippen LogP contribution in [0.1, 0.15) is 28.9 Å². The predicted octanol–water partition coefficient (Wildman–Crippen LogP) is 2.14. The Morgan fingerprint density at radius 2 is 2.06 bits per heavy atom. The molecule has 2 amide bonds. The van der Waals surface area contributed by atoms with Gasteiger partial charge in [0.25, 0.3) is 5.91 Å². The van der Waals surface area contributed by atoms with E-state index in [1.165, 1.54) is 11.3 Å². The second-order valence-electron chi connectivity index (χ2n) is 7.68. The van der Waals surface area contributed by atoms with Crippen LogP contribution in [0.25, 0.3) is 10.6 Å². The number of likely N-dealkylation sites (N-methyl/N-ethyl adjacent to an activating group) is 1. The van der Waals surface area contributed by atoms with Crippen LogP contribution in [0.5, 0.6) is 0 Å². The molecule has 0 radical (unpaired) electrons. The van der Waals surface area contributed by atoms with E-state index < -0.39 is 5.54 Å². The van der Waals surface area contributed by atoms with Crippen molar-refractivity contribution in [3.8, 4) is 10.6 Å². The molecule has 5 N–H and O–H groups in total. The third-order valence-electron chi connectivity index (χ3n) is 5.79. The van der Waals surface area contributed by atoms with Gasteiger partial charge in [-0.3, -0.25) is 14.7 Å². The zero-order chi connectivity index (χ0) is 22.0. The molecule has 3 aromatic rings. The number of piperidine rings is 1. The number of nitrogens with one attached hydrogen (secondary N) is 3. The van der Waals surface area contributed by atoms with Gasteiger partial charge < -0.3 is 21.3 Å². The maximum absolute atomic E-state index is 12.9. The smallest absolute Gasteiger partial charge is 0.275 e. The molecular weight excluding hydrogens is 414 g/mol. The van der Waals surface area contributed by atoms with Crippen LogP contribution in [0, 0.1) is 6.92 Å². The molecule has 1 aromatic carbocycles. The molecule has 0 spiro atoms. The second kappa shape index (κ2) is 8.48. The number of hydrogen-bond acceptors (Lipinski definition) is 7. The predicted molar refractivity (Wildman–Crippen MR) is 121 cm³/mol. The van der Waals surface area contributed by atoms with E-state index in [1.54, 1.807) is 24.8 Å². The standard InChI is InChI=1S/C21H25N7O2S/c1-13-3-4-15(17(9-13)28-7-5-21(23-2,6-8-28)20(22)30)26-18(29)16-12-31-19(27-16)14-10-24-25-11-14/h3-4,9-12,23H,5-8H2,1-2H3,(H2,22,30)(H,24,25)(H,26,29). The van der Waals surface area contributed by atoms with Gasteiger partial charge in [-0.25, -0.2) is 4.98 Å². The summed E-state index contributed by atoms with van der Waals surface area (Å²) in [5, 5.41) is 15.2. The van der Waals surface area contributed by atoms with E-state index in [1.807, 2.05) is 25.1 Å². The summed E-state index contributed by atoms with van der Waals surface area (Å²) in [4.78, 5) is 31.4. The summed E-state index contributed by atoms with van der Waals surface area (Å²) in [6, 6.07) is 5.91. The van der Waals surface area contributed by atoms with Crippen LogP contribution in [0.15, 0.2) is 36.0 Å². The highest BCUT2D eigenvalue weighted by molar-refractivity contribution is 7.13. The number of primary amides is 1. The van der Waals surface area contributed by atoms with Gasteiger partial charge in [0.1, 0.15) is 16.2 Å². The fourth-order valence-electron chi connectivity index (χ4n) is 3.82. The molecular formula is C21H25N7O2S. The van der Waals surface area contributed by atoms with Gasteiger partial charge >= 0.3 is 0 Å². The molecule has 1 fully saturated rings. The molecule has 1 aliphatic rings. The molecule has 9 nitrogen and oxygen atoms in total. The lowest BCUT2D eigenvalue weighted by molar-refractivity contribution is -0.125. The number of amides is 2. The number of nitrogens with two attached hydrogens (primary N) is 1. The maximum Gasteiger partial charge on any atom is 0.275 e. The van der Waals surface area contributed by atoms with Gasteiger partial charge in [0.15, 0.2) is 0 Å². The van der Waals surface area contributed by atoms with E-state index in [-0.39, 0.29) is 11.8 Å². The van der Waals surface area contributed by atoms with Crippen molar-refractivity contribution in [3.63, 3.8) is 0 Å². The van der Waals surface area contributed by atoms with Gasteiger partial charge in [-0.2, -0.15) is 5.10 Å². The molecule has 0 aliphatic carbocycles. The van der Waals surface area contributed by atoms with Crippen molar-refractivity contribution < 1.29 is 9.59 Å². The first-order valence-corrected chi connectivity index (χ1v) is 10.9. The average molecular weight is 440 g/mol. The number of nitrogens with zero attached hydrogens (tertiary/aromatic N) is 3. The van der Waals surface area contributed by atoms with Crippen molar-refractivity contribution in [1.82, 2.24) is 20.5 Å². The van der Waals surface area contributed by atoms with E-state index in [0.29, 0.717) is 37.3 Å². The van der Waals surface area contributed by atoms with Crippen LogP contribution in [0.4, 0.5) is 11.4 Å². The van der Waals surface area contributed by atoms with Crippen molar-refractivity contribution in [2.75, 3.05) is 30.4 Å². The maximum atomic E-state index is 12.9. The number of hydrogen-bond donors (Lipinski definition) is 4. The minimum atomic E-state index is -0.687. The number of H-pyrrole nitrogens is 1. The number of benzene rings is 1. The molecule has 2 aromatic heterocycles. The lowest BCUT2D eigenvalue weighted by Crippen LogP contribution is -2.59. The molecule has 10 heteroatoms. The molecule has 31 heavy (non-hydrogen) atoms. The minimum Gasteiger partial charge on any atom is -0.370 e. The molecule has 0 saturated carbocycles. The molecule has 4 rings (SSSR count). The molecule has 0 unspecified atom stereocenters. The first-order valence-electron chi connectivity index (χ1n) is 10.0. The fraction of sp³-hybridized carbons (Fsp3) is 0.333. The summed E-state index contributed by atoms with van der Waals surface area (Å²) in [5.41, 5.74) is 8.87. The van der Waals surface area contributed by atoms with Crippen LogP contribution >= 0.6 is 11.3 Å². The monoisotopic (exact) mass is 439 g/mol. The Hall–Kier alpha value is -3.24. The summed E-state index contributed by atoms with van der Waals surface area (Å²) in [6.07, 6.45) is 4.61. The van der Waals surface area contributed by atoms with E-state index in [0.717, 1.165) is 21.8 Å².